The molecule has 0 aliphatic rings. The Bertz CT molecular complexity index is 2120. The van der Waals surface area contributed by atoms with E-state index in [1.54, 1.807) is 0 Å². The minimum absolute atomic E-state index is 0.737. The third kappa shape index (κ3) is 3.17. The molecule has 3 aromatic heterocycles. The Morgan fingerprint density at radius 2 is 1.32 bits per heavy atom. The summed E-state index contributed by atoms with van der Waals surface area (Å²) in [5.74, 6) is 0.737. The second-order valence-corrected chi connectivity index (χ2v) is 9.60. The second kappa shape index (κ2) is 8.15. The zero-order valence-corrected chi connectivity index (χ0v) is 20.5. The van der Waals surface area contributed by atoms with Gasteiger partial charge in [0.05, 0.1) is 22.1 Å². The number of rotatable bonds is 3. The maximum absolute atomic E-state index is 4.78. The first-order chi connectivity index (χ1) is 18.8. The van der Waals surface area contributed by atoms with Crippen molar-refractivity contribution < 1.29 is 0 Å². The second-order valence-electron chi connectivity index (χ2n) is 9.60. The highest BCUT2D eigenvalue weighted by Gasteiger charge is 2.15. The predicted molar refractivity (Wildman–Crippen MR) is 156 cm³/mol. The fraction of sp³-hybridized carbons (Fsp3) is 0. The Morgan fingerprint density at radius 1 is 0.526 bits per heavy atom. The van der Waals surface area contributed by atoms with Gasteiger partial charge in [0, 0.05) is 50.9 Å². The monoisotopic (exact) mass is 486 g/mol. The molecule has 0 saturated heterocycles. The number of benzene rings is 5. The van der Waals surface area contributed by atoms with Crippen molar-refractivity contribution >= 4 is 43.6 Å². The molecule has 5 aromatic carbocycles. The van der Waals surface area contributed by atoms with E-state index in [4.69, 9.17) is 4.98 Å². The molecule has 4 nitrogen and oxygen atoms in total. The fourth-order valence-corrected chi connectivity index (χ4v) is 5.56. The molecule has 4 heteroatoms. The van der Waals surface area contributed by atoms with E-state index in [-0.39, 0.29) is 0 Å². The molecule has 0 atom stereocenters. The van der Waals surface area contributed by atoms with Crippen molar-refractivity contribution in [2.45, 2.75) is 0 Å². The largest absolute Gasteiger partial charge is 0.317 e. The van der Waals surface area contributed by atoms with Gasteiger partial charge in [0.25, 0.3) is 0 Å². The molecule has 0 aliphatic heterocycles. The van der Waals surface area contributed by atoms with E-state index in [9.17, 15) is 0 Å². The summed E-state index contributed by atoms with van der Waals surface area (Å²) in [4.78, 5) is 9.39. The number of para-hydroxylation sites is 3. The molecule has 0 amide bonds. The van der Waals surface area contributed by atoms with Crippen LogP contribution in [0.4, 0.5) is 0 Å². The summed E-state index contributed by atoms with van der Waals surface area (Å²) < 4.78 is 4.62. The Morgan fingerprint density at radius 3 is 2.21 bits per heavy atom. The normalized spacial score (nSPS) is 11.7. The molecule has 0 fully saturated rings. The van der Waals surface area contributed by atoms with Crippen LogP contribution in [0.2, 0.25) is 0 Å². The van der Waals surface area contributed by atoms with Gasteiger partial charge in [-0.05, 0) is 66.7 Å². The van der Waals surface area contributed by atoms with E-state index in [0.717, 1.165) is 33.7 Å². The van der Waals surface area contributed by atoms with Crippen LogP contribution >= 0.6 is 0 Å². The smallest absolute Gasteiger partial charge is 0.159 e. The van der Waals surface area contributed by atoms with Gasteiger partial charge in [-0.3, -0.25) is 0 Å². The van der Waals surface area contributed by atoms with Gasteiger partial charge < -0.3 is 9.13 Å². The van der Waals surface area contributed by atoms with Crippen LogP contribution in [0.25, 0.3) is 66.4 Å². The molecule has 8 rings (SSSR count). The molecule has 8 aromatic rings. The van der Waals surface area contributed by atoms with Gasteiger partial charge in [-0.2, -0.15) is 0 Å². The van der Waals surface area contributed by atoms with Crippen molar-refractivity contribution in [3.05, 3.63) is 134 Å². The zero-order valence-electron chi connectivity index (χ0n) is 20.5. The highest BCUT2D eigenvalue weighted by Crippen LogP contribution is 2.36. The summed E-state index contributed by atoms with van der Waals surface area (Å²) in [5, 5.41) is 4.75. The molecular formula is C34H22N4. The molecule has 0 bridgehead atoms. The quantitative estimate of drug-likeness (QED) is 0.252. The molecule has 0 unspecified atom stereocenters. The molecule has 178 valence electrons. The van der Waals surface area contributed by atoms with Crippen molar-refractivity contribution in [3.8, 4) is 22.8 Å². The van der Waals surface area contributed by atoms with Gasteiger partial charge in [0.1, 0.15) is 0 Å². The average Bonchev–Trinajstić information content (AvgIpc) is 3.55. The maximum Gasteiger partial charge on any atom is 0.159 e. The van der Waals surface area contributed by atoms with Gasteiger partial charge in [-0.1, -0.05) is 54.6 Å². The van der Waals surface area contributed by atoms with Crippen LogP contribution in [0, 0.1) is 0 Å². The fourth-order valence-electron chi connectivity index (χ4n) is 5.56. The van der Waals surface area contributed by atoms with Gasteiger partial charge in [-0.25, -0.2) is 9.97 Å². The number of fused-ring (bicyclic) bond motifs is 5. The average molecular weight is 487 g/mol. The van der Waals surface area contributed by atoms with E-state index in [1.807, 2.05) is 30.5 Å². The summed E-state index contributed by atoms with van der Waals surface area (Å²) in [6.07, 6.45) is 4.05. The van der Waals surface area contributed by atoms with Crippen molar-refractivity contribution in [1.29, 1.82) is 0 Å². The van der Waals surface area contributed by atoms with Crippen LogP contribution in [0.5, 0.6) is 0 Å². The SMILES string of the molecule is c1ccc(-n2ccc3cc4c(cc32)c2ccccc2n4-c2ccc(-c3ncc4ccccc4n3)cc2)cc1. The lowest BCUT2D eigenvalue weighted by molar-refractivity contribution is 1.13. The van der Waals surface area contributed by atoms with Crippen LogP contribution < -0.4 is 0 Å². The lowest BCUT2D eigenvalue weighted by Gasteiger charge is -2.10. The first-order valence-electron chi connectivity index (χ1n) is 12.8. The highest BCUT2D eigenvalue weighted by atomic mass is 15.0. The molecule has 38 heavy (non-hydrogen) atoms. The van der Waals surface area contributed by atoms with Crippen molar-refractivity contribution in [3.63, 3.8) is 0 Å². The minimum atomic E-state index is 0.737. The summed E-state index contributed by atoms with van der Waals surface area (Å²) >= 11 is 0. The summed E-state index contributed by atoms with van der Waals surface area (Å²) in [7, 11) is 0. The van der Waals surface area contributed by atoms with E-state index >= 15 is 0 Å². The van der Waals surface area contributed by atoms with Crippen LogP contribution in [0.1, 0.15) is 0 Å². The van der Waals surface area contributed by atoms with Gasteiger partial charge in [0.2, 0.25) is 0 Å². The van der Waals surface area contributed by atoms with E-state index in [2.05, 4.69) is 117 Å². The Balaban J connectivity index is 1.30. The molecule has 0 spiro atoms. The molecule has 0 aliphatic carbocycles. The van der Waals surface area contributed by atoms with Crippen molar-refractivity contribution in [2.24, 2.45) is 0 Å². The predicted octanol–water partition coefficient (Wildman–Crippen LogP) is 8.34. The van der Waals surface area contributed by atoms with Crippen LogP contribution in [0.3, 0.4) is 0 Å². The van der Waals surface area contributed by atoms with Gasteiger partial charge in [-0.15, -0.1) is 0 Å². The third-order valence-corrected chi connectivity index (χ3v) is 7.39. The number of hydrogen-bond donors (Lipinski definition) is 0. The number of aromatic nitrogens is 4. The maximum atomic E-state index is 4.78. The molecule has 0 N–H and O–H groups in total. The first-order valence-corrected chi connectivity index (χ1v) is 12.8. The van der Waals surface area contributed by atoms with E-state index in [1.165, 1.54) is 32.7 Å². The van der Waals surface area contributed by atoms with Crippen molar-refractivity contribution in [2.75, 3.05) is 0 Å². The van der Waals surface area contributed by atoms with Crippen LogP contribution in [0.15, 0.2) is 134 Å². The Hall–Kier alpha value is -5.22. The number of hydrogen-bond acceptors (Lipinski definition) is 2. The Labute approximate surface area is 219 Å². The molecule has 3 heterocycles. The molecule has 0 radical (unpaired) electrons. The Kier molecular flexibility index (Phi) is 4.49. The summed E-state index contributed by atoms with van der Waals surface area (Å²) in [5.41, 5.74) is 7.82. The van der Waals surface area contributed by atoms with Gasteiger partial charge in [0.15, 0.2) is 5.82 Å². The molecule has 0 saturated carbocycles. The van der Waals surface area contributed by atoms with Crippen molar-refractivity contribution in [1.82, 2.24) is 19.1 Å². The summed E-state index contributed by atoms with van der Waals surface area (Å²) in [6, 6.07) is 42.6. The first kappa shape index (κ1) is 20.9. The topological polar surface area (TPSA) is 35.6 Å². The molecular weight excluding hydrogens is 464 g/mol. The van der Waals surface area contributed by atoms with Gasteiger partial charge >= 0.3 is 0 Å². The highest BCUT2D eigenvalue weighted by molar-refractivity contribution is 6.13. The number of nitrogens with zero attached hydrogens (tertiary/aromatic N) is 4. The van der Waals surface area contributed by atoms with E-state index in [0.29, 0.717) is 0 Å². The van der Waals surface area contributed by atoms with Crippen LogP contribution in [-0.4, -0.2) is 19.1 Å². The zero-order chi connectivity index (χ0) is 25.1. The third-order valence-electron chi connectivity index (χ3n) is 7.39. The van der Waals surface area contributed by atoms with Crippen LogP contribution in [-0.2, 0) is 0 Å². The standard InChI is InChI=1S/C34H22N4/c1-2-9-26(10-3-1)37-19-18-24-20-33-29(21-32(24)37)28-11-5-7-13-31(28)38(33)27-16-14-23(15-17-27)34-35-22-25-8-4-6-12-30(25)36-34/h1-22H. The lowest BCUT2D eigenvalue weighted by Crippen LogP contribution is -1.95. The van der Waals surface area contributed by atoms with E-state index < -0.39 is 0 Å². The summed E-state index contributed by atoms with van der Waals surface area (Å²) in [6.45, 7) is 0. The lowest BCUT2D eigenvalue weighted by atomic mass is 10.1. The minimum Gasteiger partial charge on any atom is -0.317 e.